The van der Waals surface area contributed by atoms with Crippen LogP contribution in [0.5, 0.6) is 0 Å². The number of carbonyl (C=O) groups excluding carboxylic acids is 1. The number of aromatic nitrogens is 2. The number of fused-ring (bicyclic) bond motifs is 1. The largest absolute Gasteiger partial charge is 0.329 e. The fourth-order valence-electron chi connectivity index (χ4n) is 3.46. The fourth-order valence-corrected chi connectivity index (χ4v) is 3.46. The molecule has 0 aliphatic heterocycles. The Hall–Kier alpha value is -3.15. The average molecular weight is 363 g/mol. The maximum atomic E-state index is 13.0. The second-order valence-electron chi connectivity index (χ2n) is 7.00. The van der Waals surface area contributed by atoms with Gasteiger partial charge in [-0.3, -0.25) is 14.2 Å². The normalized spacial score (nSPS) is 14.1. The van der Waals surface area contributed by atoms with Crippen LogP contribution in [0.25, 0.3) is 10.9 Å². The van der Waals surface area contributed by atoms with Crippen molar-refractivity contribution >= 4 is 22.5 Å². The summed E-state index contributed by atoms with van der Waals surface area (Å²) in [6.07, 6.45) is 3.39. The van der Waals surface area contributed by atoms with E-state index in [-0.39, 0.29) is 12.5 Å². The smallest absolute Gasteiger partial charge is 0.311 e. The highest BCUT2D eigenvalue weighted by Crippen LogP contribution is 2.29. The molecule has 1 N–H and O–H groups in total. The molecule has 6 nitrogen and oxygen atoms in total. The second-order valence-corrected chi connectivity index (χ2v) is 7.00. The minimum atomic E-state index is -0.566. The summed E-state index contributed by atoms with van der Waals surface area (Å²) in [4.78, 5) is 42.5. The number of aromatic amines is 1. The highest BCUT2D eigenvalue weighted by Gasteiger charge is 2.25. The van der Waals surface area contributed by atoms with E-state index in [1.165, 1.54) is 6.42 Å². The summed E-state index contributed by atoms with van der Waals surface area (Å²) >= 11 is 0. The van der Waals surface area contributed by atoms with Gasteiger partial charge in [-0.2, -0.15) is 0 Å². The molecule has 1 aliphatic rings. The van der Waals surface area contributed by atoms with E-state index in [9.17, 15) is 14.4 Å². The molecule has 3 aromatic rings. The summed E-state index contributed by atoms with van der Waals surface area (Å²) in [6.45, 7) is 0.337. The summed E-state index contributed by atoms with van der Waals surface area (Å²) in [6, 6.07) is 16.2. The third-order valence-corrected chi connectivity index (χ3v) is 5.22. The van der Waals surface area contributed by atoms with Crippen molar-refractivity contribution in [1.82, 2.24) is 9.55 Å². The van der Waals surface area contributed by atoms with Crippen molar-refractivity contribution in [3.63, 3.8) is 0 Å². The van der Waals surface area contributed by atoms with E-state index in [4.69, 9.17) is 0 Å². The molecule has 1 fully saturated rings. The molecule has 6 heteroatoms. The van der Waals surface area contributed by atoms with Gasteiger partial charge >= 0.3 is 5.69 Å². The molecular formula is C21H21N3O3. The standard InChI is InChI=1S/C21H21N3O3/c25-19(23(13-15-7-6-8-15)16-9-2-1-3-10-16)14-24-20(26)17-11-4-5-12-18(17)22-21(24)27/h1-5,9-12,15H,6-8,13-14H2,(H,22,27). The summed E-state index contributed by atoms with van der Waals surface area (Å²) in [7, 11) is 0. The number of anilines is 1. The van der Waals surface area contributed by atoms with Crippen LogP contribution in [0.2, 0.25) is 0 Å². The van der Waals surface area contributed by atoms with Crippen molar-refractivity contribution in [3.8, 4) is 0 Å². The Kier molecular flexibility index (Phi) is 4.62. The number of rotatable bonds is 5. The van der Waals surface area contributed by atoms with Crippen LogP contribution in [-0.2, 0) is 11.3 Å². The van der Waals surface area contributed by atoms with Gasteiger partial charge in [0.25, 0.3) is 5.56 Å². The summed E-state index contributed by atoms with van der Waals surface area (Å²) in [5.41, 5.74) is 0.258. The summed E-state index contributed by atoms with van der Waals surface area (Å²) in [5, 5.41) is 0.398. The van der Waals surface area contributed by atoms with E-state index in [0.29, 0.717) is 23.4 Å². The summed E-state index contributed by atoms with van der Waals surface area (Å²) in [5.74, 6) is 0.219. The van der Waals surface area contributed by atoms with Crippen LogP contribution in [0.1, 0.15) is 19.3 Å². The number of nitrogens with zero attached hydrogens (tertiary/aromatic N) is 2. The molecule has 0 bridgehead atoms. The van der Waals surface area contributed by atoms with Gasteiger partial charge in [0.05, 0.1) is 10.9 Å². The zero-order valence-electron chi connectivity index (χ0n) is 14.9. The van der Waals surface area contributed by atoms with Crippen LogP contribution in [0, 0.1) is 5.92 Å². The minimum absolute atomic E-state index is 0.254. The van der Waals surface area contributed by atoms with E-state index < -0.39 is 11.2 Å². The minimum Gasteiger partial charge on any atom is -0.311 e. The Labute approximate surface area is 156 Å². The van der Waals surface area contributed by atoms with Crippen molar-refractivity contribution in [2.45, 2.75) is 25.8 Å². The molecule has 1 saturated carbocycles. The zero-order chi connectivity index (χ0) is 18.8. The van der Waals surface area contributed by atoms with Crippen LogP contribution in [-0.4, -0.2) is 22.0 Å². The molecule has 1 heterocycles. The van der Waals surface area contributed by atoms with Crippen molar-refractivity contribution < 1.29 is 4.79 Å². The van der Waals surface area contributed by atoms with Crippen molar-refractivity contribution in [2.75, 3.05) is 11.4 Å². The highest BCUT2D eigenvalue weighted by molar-refractivity contribution is 5.93. The number of para-hydroxylation sites is 2. The van der Waals surface area contributed by atoms with E-state index in [0.717, 1.165) is 23.1 Å². The molecule has 1 aliphatic carbocycles. The monoisotopic (exact) mass is 363 g/mol. The zero-order valence-corrected chi connectivity index (χ0v) is 14.9. The first kappa shape index (κ1) is 17.3. The maximum absolute atomic E-state index is 13.0. The number of amides is 1. The number of benzene rings is 2. The molecule has 0 unspecified atom stereocenters. The Morgan fingerprint density at radius 3 is 2.44 bits per heavy atom. The van der Waals surface area contributed by atoms with Gasteiger partial charge in [-0.1, -0.05) is 36.8 Å². The van der Waals surface area contributed by atoms with Gasteiger partial charge in [-0.05, 0) is 43.0 Å². The quantitative estimate of drug-likeness (QED) is 0.757. The average Bonchev–Trinajstić information content (AvgIpc) is 2.65. The third-order valence-electron chi connectivity index (χ3n) is 5.22. The molecule has 1 aromatic heterocycles. The Morgan fingerprint density at radius 1 is 1.04 bits per heavy atom. The van der Waals surface area contributed by atoms with Gasteiger partial charge in [0, 0.05) is 12.2 Å². The lowest BCUT2D eigenvalue weighted by atomic mass is 9.85. The van der Waals surface area contributed by atoms with Crippen LogP contribution in [0.15, 0.2) is 64.2 Å². The molecular weight excluding hydrogens is 342 g/mol. The van der Waals surface area contributed by atoms with Crippen LogP contribution in [0.4, 0.5) is 5.69 Å². The molecule has 1 amide bonds. The molecule has 0 spiro atoms. The van der Waals surface area contributed by atoms with E-state index in [1.807, 2.05) is 30.3 Å². The Bertz CT molecular complexity index is 1080. The highest BCUT2D eigenvalue weighted by atomic mass is 16.2. The van der Waals surface area contributed by atoms with Gasteiger partial charge < -0.3 is 9.88 Å². The Morgan fingerprint density at radius 2 is 1.74 bits per heavy atom. The second kappa shape index (κ2) is 7.23. The maximum Gasteiger partial charge on any atom is 0.329 e. The number of hydrogen-bond donors (Lipinski definition) is 1. The van der Waals surface area contributed by atoms with E-state index in [2.05, 4.69) is 4.98 Å². The van der Waals surface area contributed by atoms with Crippen LogP contribution < -0.4 is 16.1 Å². The topological polar surface area (TPSA) is 75.2 Å². The van der Waals surface area contributed by atoms with Crippen LogP contribution >= 0.6 is 0 Å². The number of hydrogen-bond acceptors (Lipinski definition) is 3. The van der Waals surface area contributed by atoms with Crippen LogP contribution in [0.3, 0.4) is 0 Å². The molecule has 0 atom stereocenters. The van der Waals surface area contributed by atoms with E-state index in [1.54, 1.807) is 29.2 Å². The lowest BCUT2D eigenvalue weighted by Crippen LogP contribution is -2.44. The lowest BCUT2D eigenvalue weighted by molar-refractivity contribution is -0.119. The number of nitrogens with one attached hydrogen (secondary N) is 1. The van der Waals surface area contributed by atoms with Gasteiger partial charge in [0.15, 0.2) is 0 Å². The van der Waals surface area contributed by atoms with Gasteiger partial charge in [-0.15, -0.1) is 0 Å². The molecule has 0 saturated heterocycles. The first-order valence-electron chi connectivity index (χ1n) is 9.21. The van der Waals surface area contributed by atoms with Gasteiger partial charge in [0.1, 0.15) is 6.54 Å². The molecule has 27 heavy (non-hydrogen) atoms. The van der Waals surface area contributed by atoms with Crippen molar-refractivity contribution in [3.05, 3.63) is 75.4 Å². The van der Waals surface area contributed by atoms with Gasteiger partial charge in [0.2, 0.25) is 5.91 Å². The Balaban J connectivity index is 1.67. The predicted octanol–water partition coefficient (Wildman–Crippen LogP) is 2.52. The first-order valence-corrected chi connectivity index (χ1v) is 9.21. The molecule has 138 valence electrons. The van der Waals surface area contributed by atoms with Crippen molar-refractivity contribution in [2.24, 2.45) is 5.92 Å². The number of H-pyrrole nitrogens is 1. The number of carbonyl (C=O) groups is 1. The van der Waals surface area contributed by atoms with Gasteiger partial charge in [-0.25, -0.2) is 4.79 Å². The predicted molar refractivity (Wildman–Crippen MR) is 105 cm³/mol. The molecule has 4 rings (SSSR count). The fraction of sp³-hybridized carbons (Fsp3) is 0.286. The first-order chi connectivity index (χ1) is 13.1. The lowest BCUT2D eigenvalue weighted by Gasteiger charge is -2.32. The molecule has 0 radical (unpaired) electrons. The molecule has 2 aromatic carbocycles. The third kappa shape index (κ3) is 3.43. The SMILES string of the molecule is O=C(Cn1c(=O)[nH]c2ccccc2c1=O)N(CC1CCC1)c1ccccc1. The van der Waals surface area contributed by atoms with E-state index >= 15 is 0 Å². The van der Waals surface area contributed by atoms with Crippen molar-refractivity contribution in [1.29, 1.82) is 0 Å². The summed E-state index contributed by atoms with van der Waals surface area (Å²) < 4.78 is 0.987.